The van der Waals surface area contributed by atoms with Gasteiger partial charge < -0.3 is 4.79 Å². The lowest BCUT2D eigenvalue weighted by Gasteiger charge is -2.37. The summed E-state index contributed by atoms with van der Waals surface area (Å²) in [6.45, 7) is 8.56. The molecule has 1 heterocycles. The minimum absolute atomic E-state index is 0.132. The van der Waals surface area contributed by atoms with Crippen molar-refractivity contribution in [2.24, 2.45) is 11.0 Å². The molecule has 0 fully saturated rings. The molecule has 3 nitrogen and oxygen atoms in total. The van der Waals surface area contributed by atoms with Crippen molar-refractivity contribution in [3.8, 4) is 0 Å². The SMILES string of the molecule is CC(C)C1=NN(C(C)(C)Cc2ccc(Br)cc2)C(C=O)C1. The van der Waals surface area contributed by atoms with E-state index in [0.717, 1.165) is 29.3 Å². The number of hydrazone groups is 1. The smallest absolute Gasteiger partial charge is 0.144 e. The zero-order valence-corrected chi connectivity index (χ0v) is 14.7. The summed E-state index contributed by atoms with van der Waals surface area (Å²) in [4.78, 5) is 11.4. The van der Waals surface area contributed by atoms with Gasteiger partial charge in [-0.15, -0.1) is 0 Å². The summed E-state index contributed by atoms with van der Waals surface area (Å²) in [7, 11) is 0. The van der Waals surface area contributed by atoms with Crippen molar-refractivity contribution < 1.29 is 4.79 Å². The third-order valence-electron chi connectivity index (χ3n) is 3.96. The molecule has 21 heavy (non-hydrogen) atoms. The first-order valence-electron chi connectivity index (χ1n) is 7.40. The van der Waals surface area contributed by atoms with Crippen molar-refractivity contribution in [1.29, 1.82) is 0 Å². The molecule has 0 aromatic heterocycles. The predicted octanol–water partition coefficient (Wildman–Crippen LogP) is 4.06. The van der Waals surface area contributed by atoms with Crippen LogP contribution in [-0.4, -0.2) is 28.6 Å². The summed E-state index contributed by atoms with van der Waals surface area (Å²) < 4.78 is 1.08. The van der Waals surface area contributed by atoms with Gasteiger partial charge in [-0.2, -0.15) is 5.10 Å². The Morgan fingerprint density at radius 3 is 2.52 bits per heavy atom. The van der Waals surface area contributed by atoms with E-state index in [2.05, 4.69) is 67.9 Å². The molecule has 1 atom stereocenters. The van der Waals surface area contributed by atoms with E-state index in [1.807, 2.05) is 5.01 Å². The second-order valence-electron chi connectivity index (χ2n) is 6.61. The van der Waals surface area contributed by atoms with Gasteiger partial charge in [0.25, 0.3) is 0 Å². The fraction of sp³-hybridized carbons (Fsp3) is 0.529. The van der Waals surface area contributed by atoms with Gasteiger partial charge in [0.15, 0.2) is 0 Å². The lowest BCUT2D eigenvalue weighted by atomic mass is 9.92. The Kier molecular flexibility index (Phi) is 4.87. The topological polar surface area (TPSA) is 32.7 Å². The lowest BCUT2D eigenvalue weighted by Crippen LogP contribution is -2.46. The van der Waals surface area contributed by atoms with Crippen LogP contribution in [0.4, 0.5) is 0 Å². The Bertz CT molecular complexity index is 534. The standard InChI is InChI=1S/C17H23BrN2O/c1-12(2)16-9-15(11-21)20(19-16)17(3,4)10-13-5-7-14(18)8-6-13/h5-8,11-12,15H,9-10H2,1-4H3. The first-order valence-corrected chi connectivity index (χ1v) is 8.19. The average molecular weight is 351 g/mol. The van der Waals surface area contributed by atoms with Crippen molar-refractivity contribution in [3.63, 3.8) is 0 Å². The summed E-state index contributed by atoms with van der Waals surface area (Å²) in [6, 6.07) is 8.20. The van der Waals surface area contributed by atoms with Crippen molar-refractivity contribution in [1.82, 2.24) is 5.01 Å². The summed E-state index contributed by atoms with van der Waals surface area (Å²) in [5.74, 6) is 0.390. The van der Waals surface area contributed by atoms with E-state index in [9.17, 15) is 4.79 Å². The van der Waals surface area contributed by atoms with E-state index < -0.39 is 0 Å². The molecule has 0 N–H and O–H groups in total. The Morgan fingerprint density at radius 1 is 1.38 bits per heavy atom. The van der Waals surface area contributed by atoms with Crippen LogP contribution >= 0.6 is 15.9 Å². The third kappa shape index (κ3) is 3.73. The number of rotatable bonds is 5. The maximum atomic E-state index is 11.4. The first kappa shape index (κ1) is 16.2. The van der Waals surface area contributed by atoms with Gasteiger partial charge >= 0.3 is 0 Å². The van der Waals surface area contributed by atoms with Crippen LogP contribution < -0.4 is 0 Å². The Labute approximate surface area is 135 Å². The van der Waals surface area contributed by atoms with E-state index in [-0.39, 0.29) is 11.6 Å². The van der Waals surface area contributed by atoms with Crippen molar-refractivity contribution in [2.75, 3.05) is 0 Å². The highest BCUT2D eigenvalue weighted by atomic mass is 79.9. The number of carbonyl (C=O) groups excluding carboxylic acids is 1. The maximum absolute atomic E-state index is 11.4. The van der Waals surface area contributed by atoms with Crippen LogP contribution in [0.3, 0.4) is 0 Å². The molecular weight excluding hydrogens is 328 g/mol. The van der Waals surface area contributed by atoms with Crippen LogP contribution in [0.2, 0.25) is 0 Å². The monoisotopic (exact) mass is 350 g/mol. The van der Waals surface area contributed by atoms with E-state index in [4.69, 9.17) is 5.10 Å². The van der Waals surface area contributed by atoms with Crippen LogP contribution in [0, 0.1) is 5.92 Å². The first-order chi connectivity index (χ1) is 9.83. The molecule has 1 aliphatic rings. The molecule has 2 rings (SSSR count). The van der Waals surface area contributed by atoms with Gasteiger partial charge in [-0.1, -0.05) is 41.9 Å². The van der Waals surface area contributed by atoms with Crippen molar-refractivity contribution >= 4 is 27.9 Å². The molecule has 0 bridgehead atoms. The number of aldehydes is 1. The lowest BCUT2D eigenvalue weighted by molar-refractivity contribution is -0.113. The molecule has 0 spiro atoms. The number of nitrogens with zero attached hydrogens (tertiary/aromatic N) is 2. The van der Waals surface area contributed by atoms with E-state index in [1.54, 1.807) is 0 Å². The van der Waals surface area contributed by atoms with Crippen LogP contribution in [0.5, 0.6) is 0 Å². The van der Waals surface area contributed by atoms with Gasteiger partial charge in [0.05, 0.1) is 5.54 Å². The number of hydrogen-bond acceptors (Lipinski definition) is 3. The minimum atomic E-state index is -0.184. The molecule has 1 aromatic rings. The molecule has 1 aliphatic heterocycles. The quantitative estimate of drug-likeness (QED) is 0.750. The average Bonchev–Trinajstić information content (AvgIpc) is 2.86. The second kappa shape index (κ2) is 6.30. The van der Waals surface area contributed by atoms with Crippen molar-refractivity contribution in [3.05, 3.63) is 34.3 Å². The van der Waals surface area contributed by atoms with Gasteiger partial charge in [-0.05, 0) is 43.9 Å². The molecule has 0 radical (unpaired) electrons. The summed E-state index contributed by atoms with van der Waals surface area (Å²) in [5.41, 5.74) is 2.19. The van der Waals surface area contributed by atoms with Crippen LogP contribution in [0.1, 0.15) is 39.7 Å². The van der Waals surface area contributed by atoms with E-state index in [0.29, 0.717) is 5.92 Å². The maximum Gasteiger partial charge on any atom is 0.144 e. The number of halogens is 1. The molecule has 1 unspecified atom stereocenters. The number of benzene rings is 1. The van der Waals surface area contributed by atoms with Gasteiger partial charge in [0, 0.05) is 16.6 Å². The summed E-state index contributed by atoms with van der Waals surface area (Å²) >= 11 is 3.46. The fourth-order valence-electron chi connectivity index (χ4n) is 2.78. The molecular formula is C17H23BrN2O. The molecule has 0 saturated carbocycles. The minimum Gasteiger partial charge on any atom is -0.301 e. The zero-order valence-electron chi connectivity index (χ0n) is 13.1. The second-order valence-corrected chi connectivity index (χ2v) is 7.53. The summed E-state index contributed by atoms with van der Waals surface area (Å²) in [5, 5.41) is 6.73. The molecule has 0 aliphatic carbocycles. The van der Waals surface area contributed by atoms with Crippen LogP contribution in [0.25, 0.3) is 0 Å². The van der Waals surface area contributed by atoms with E-state index >= 15 is 0 Å². The number of carbonyl (C=O) groups is 1. The molecule has 0 amide bonds. The normalized spacial score (nSPS) is 19.0. The molecule has 0 saturated heterocycles. The zero-order chi connectivity index (χ0) is 15.6. The van der Waals surface area contributed by atoms with E-state index in [1.165, 1.54) is 5.56 Å². The van der Waals surface area contributed by atoms with Crippen LogP contribution in [-0.2, 0) is 11.2 Å². The van der Waals surface area contributed by atoms with Gasteiger partial charge in [0.2, 0.25) is 0 Å². The largest absolute Gasteiger partial charge is 0.301 e. The highest BCUT2D eigenvalue weighted by molar-refractivity contribution is 9.10. The van der Waals surface area contributed by atoms with Gasteiger partial charge in [-0.25, -0.2) is 0 Å². The molecule has 4 heteroatoms. The fourth-order valence-corrected chi connectivity index (χ4v) is 3.04. The highest BCUT2D eigenvalue weighted by Gasteiger charge is 2.37. The highest BCUT2D eigenvalue weighted by Crippen LogP contribution is 2.30. The Hall–Kier alpha value is -1.16. The molecule has 1 aromatic carbocycles. The Morgan fingerprint density at radius 2 is 2.00 bits per heavy atom. The third-order valence-corrected chi connectivity index (χ3v) is 4.49. The van der Waals surface area contributed by atoms with Gasteiger partial charge in [-0.3, -0.25) is 5.01 Å². The predicted molar refractivity (Wildman–Crippen MR) is 90.5 cm³/mol. The summed E-state index contributed by atoms with van der Waals surface area (Å²) in [6.07, 6.45) is 2.65. The van der Waals surface area contributed by atoms with Crippen molar-refractivity contribution in [2.45, 2.75) is 52.1 Å². The number of hydrogen-bond donors (Lipinski definition) is 0. The van der Waals surface area contributed by atoms with Gasteiger partial charge in [0.1, 0.15) is 12.3 Å². The van der Waals surface area contributed by atoms with Crippen LogP contribution in [0.15, 0.2) is 33.8 Å². The Balaban J connectivity index is 2.20. The molecule has 114 valence electrons.